The van der Waals surface area contributed by atoms with Gasteiger partial charge in [-0.1, -0.05) is 6.92 Å². The van der Waals surface area contributed by atoms with Crippen molar-refractivity contribution in [1.82, 2.24) is 5.32 Å². The zero-order chi connectivity index (χ0) is 11.0. The van der Waals surface area contributed by atoms with Crippen molar-refractivity contribution in [3.63, 3.8) is 0 Å². The van der Waals surface area contributed by atoms with Crippen LogP contribution in [0.5, 0.6) is 0 Å². The molecule has 0 fully saturated rings. The molecule has 0 aliphatic rings. The highest BCUT2D eigenvalue weighted by molar-refractivity contribution is 5.77. The van der Waals surface area contributed by atoms with Crippen molar-refractivity contribution in [2.24, 2.45) is 0 Å². The van der Waals surface area contributed by atoms with Crippen molar-refractivity contribution in [1.29, 1.82) is 0 Å². The normalized spacial score (nSPS) is 11.9. The van der Waals surface area contributed by atoms with E-state index in [0.717, 1.165) is 0 Å². The molecule has 0 radical (unpaired) electrons. The zero-order valence-electron chi connectivity index (χ0n) is 8.83. The molecule has 0 saturated carbocycles. The summed E-state index contributed by atoms with van der Waals surface area (Å²) in [5.41, 5.74) is 0. The Labute approximate surface area is 83.8 Å². The summed E-state index contributed by atoms with van der Waals surface area (Å²) >= 11 is 0. The molecule has 0 aliphatic heterocycles. The number of methoxy groups -OCH3 is 2. The van der Waals surface area contributed by atoms with E-state index in [-0.39, 0.29) is 18.4 Å². The Kier molecular flexibility index (Phi) is 6.74. The lowest BCUT2D eigenvalue weighted by Gasteiger charge is -2.14. The van der Waals surface area contributed by atoms with Crippen molar-refractivity contribution in [3.05, 3.63) is 0 Å². The monoisotopic (exact) mass is 203 g/mol. The first-order valence-corrected chi connectivity index (χ1v) is 4.53. The van der Waals surface area contributed by atoms with Crippen LogP contribution in [0.4, 0.5) is 0 Å². The summed E-state index contributed by atoms with van der Waals surface area (Å²) in [6, 6.07) is -0.427. The Morgan fingerprint density at radius 3 is 2.36 bits per heavy atom. The first-order valence-electron chi connectivity index (χ1n) is 4.53. The summed E-state index contributed by atoms with van der Waals surface area (Å²) in [5, 5.41) is 2.93. The third-order valence-electron chi connectivity index (χ3n) is 1.80. The molecule has 0 heterocycles. The average molecular weight is 203 g/mol. The Bertz CT molecular complexity index is 193. The molecular weight excluding hydrogens is 186 g/mol. The van der Waals surface area contributed by atoms with Crippen LogP contribution in [0.1, 0.15) is 19.8 Å². The van der Waals surface area contributed by atoms with Crippen molar-refractivity contribution in [3.8, 4) is 0 Å². The van der Waals surface area contributed by atoms with Gasteiger partial charge in [0.25, 0.3) is 0 Å². The van der Waals surface area contributed by atoms with Crippen LogP contribution in [0.25, 0.3) is 0 Å². The van der Waals surface area contributed by atoms with E-state index in [0.29, 0.717) is 13.0 Å². The maximum Gasteiger partial charge on any atom is 0.322 e. The van der Waals surface area contributed by atoms with Crippen LogP contribution in [0.15, 0.2) is 0 Å². The number of hydrogen-bond acceptors (Lipinski definition) is 5. The molecular formula is C9H17NO4. The highest BCUT2D eigenvalue weighted by Gasteiger charge is 2.18. The Morgan fingerprint density at radius 1 is 1.29 bits per heavy atom. The van der Waals surface area contributed by atoms with Gasteiger partial charge in [-0.05, 0) is 13.0 Å². The molecule has 0 spiro atoms. The molecule has 0 rings (SSSR count). The summed E-state index contributed by atoms with van der Waals surface area (Å²) in [6.07, 6.45) is 0.608. The quantitative estimate of drug-likeness (QED) is 0.620. The molecule has 0 aromatic carbocycles. The number of carbonyl (C=O) groups excluding carboxylic acids is 2. The predicted molar refractivity (Wildman–Crippen MR) is 50.7 cm³/mol. The highest BCUT2D eigenvalue weighted by atomic mass is 16.5. The third-order valence-corrected chi connectivity index (χ3v) is 1.80. The molecule has 0 unspecified atom stereocenters. The molecule has 5 nitrogen and oxygen atoms in total. The maximum atomic E-state index is 11.2. The van der Waals surface area contributed by atoms with Gasteiger partial charge in [0.2, 0.25) is 0 Å². The minimum atomic E-state index is -0.427. The smallest absolute Gasteiger partial charge is 0.322 e. The maximum absolute atomic E-state index is 11.2. The van der Waals surface area contributed by atoms with Crippen molar-refractivity contribution < 1.29 is 19.1 Å². The number of hydrogen-bond donors (Lipinski definition) is 1. The molecule has 5 heteroatoms. The van der Waals surface area contributed by atoms with Crippen LogP contribution in [0.3, 0.4) is 0 Å². The second-order valence-corrected chi connectivity index (χ2v) is 2.75. The van der Waals surface area contributed by atoms with Gasteiger partial charge >= 0.3 is 11.9 Å². The van der Waals surface area contributed by atoms with Gasteiger partial charge < -0.3 is 14.8 Å². The largest absolute Gasteiger partial charge is 0.469 e. The fourth-order valence-corrected chi connectivity index (χ4v) is 1.06. The minimum absolute atomic E-state index is 0.212. The molecule has 0 aromatic heterocycles. The van der Waals surface area contributed by atoms with Gasteiger partial charge in [0.1, 0.15) is 6.04 Å². The number of rotatable bonds is 6. The first-order chi connectivity index (χ1) is 6.65. The molecule has 0 aliphatic carbocycles. The van der Waals surface area contributed by atoms with Crippen LogP contribution in [0, 0.1) is 0 Å². The van der Waals surface area contributed by atoms with E-state index in [1.54, 1.807) is 0 Å². The number of ether oxygens (including phenoxy) is 2. The SMILES string of the molecule is CCN[C@@H](CCC(=O)OC)C(=O)OC. The van der Waals surface area contributed by atoms with E-state index in [1.807, 2.05) is 6.92 Å². The highest BCUT2D eigenvalue weighted by Crippen LogP contribution is 2.00. The fraction of sp³-hybridized carbons (Fsp3) is 0.778. The summed E-state index contributed by atoms with van der Waals surface area (Å²) in [4.78, 5) is 22.0. The van der Waals surface area contributed by atoms with Gasteiger partial charge in [-0.2, -0.15) is 0 Å². The summed E-state index contributed by atoms with van der Waals surface area (Å²) in [6.45, 7) is 2.54. The van der Waals surface area contributed by atoms with E-state index in [1.165, 1.54) is 14.2 Å². The lowest BCUT2D eigenvalue weighted by Crippen LogP contribution is -2.37. The van der Waals surface area contributed by atoms with Crippen LogP contribution >= 0.6 is 0 Å². The molecule has 0 saturated heterocycles. The fourth-order valence-electron chi connectivity index (χ4n) is 1.06. The van der Waals surface area contributed by atoms with Crippen LogP contribution in [-0.2, 0) is 19.1 Å². The van der Waals surface area contributed by atoms with Crippen LogP contribution in [0.2, 0.25) is 0 Å². The van der Waals surface area contributed by atoms with Gasteiger partial charge in [-0.15, -0.1) is 0 Å². The van der Waals surface area contributed by atoms with Crippen molar-refractivity contribution >= 4 is 11.9 Å². The molecule has 0 bridgehead atoms. The minimum Gasteiger partial charge on any atom is -0.469 e. The van der Waals surface area contributed by atoms with E-state index in [2.05, 4.69) is 14.8 Å². The average Bonchev–Trinajstić information content (AvgIpc) is 2.22. The van der Waals surface area contributed by atoms with E-state index in [9.17, 15) is 9.59 Å². The molecule has 1 atom stereocenters. The number of nitrogens with one attached hydrogen (secondary N) is 1. The van der Waals surface area contributed by atoms with Crippen LogP contribution in [-0.4, -0.2) is 38.7 Å². The van der Waals surface area contributed by atoms with Crippen molar-refractivity contribution in [2.75, 3.05) is 20.8 Å². The molecule has 1 N–H and O–H groups in total. The third kappa shape index (κ3) is 4.81. The second kappa shape index (κ2) is 7.32. The molecule has 0 amide bonds. The standard InChI is InChI=1S/C9H17NO4/c1-4-10-7(9(12)14-3)5-6-8(11)13-2/h7,10H,4-6H2,1-3H3/t7-/m0/s1. The summed E-state index contributed by atoms with van der Waals surface area (Å²) in [5.74, 6) is -0.674. The van der Waals surface area contributed by atoms with Gasteiger partial charge in [-0.25, -0.2) is 0 Å². The van der Waals surface area contributed by atoms with Crippen molar-refractivity contribution in [2.45, 2.75) is 25.8 Å². The Hall–Kier alpha value is -1.10. The zero-order valence-corrected chi connectivity index (χ0v) is 8.83. The molecule has 0 aromatic rings. The molecule has 14 heavy (non-hydrogen) atoms. The van der Waals surface area contributed by atoms with Gasteiger partial charge in [0, 0.05) is 6.42 Å². The van der Waals surface area contributed by atoms with Crippen LogP contribution < -0.4 is 5.32 Å². The molecule has 82 valence electrons. The van der Waals surface area contributed by atoms with E-state index >= 15 is 0 Å². The van der Waals surface area contributed by atoms with E-state index < -0.39 is 6.04 Å². The number of likely N-dealkylation sites (N-methyl/N-ethyl adjacent to an activating group) is 1. The lowest BCUT2D eigenvalue weighted by atomic mass is 10.1. The van der Waals surface area contributed by atoms with Gasteiger partial charge in [0.05, 0.1) is 14.2 Å². The lowest BCUT2D eigenvalue weighted by molar-refractivity contribution is -0.144. The Morgan fingerprint density at radius 2 is 1.93 bits per heavy atom. The van der Waals surface area contributed by atoms with E-state index in [4.69, 9.17) is 0 Å². The Balaban J connectivity index is 3.96. The second-order valence-electron chi connectivity index (χ2n) is 2.75. The van der Waals surface area contributed by atoms with Gasteiger partial charge in [-0.3, -0.25) is 9.59 Å². The number of carbonyl (C=O) groups is 2. The first kappa shape index (κ1) is 12.9. The predicted octanol–water partition coefficient (Wildman–Crippen LogP) is 0.0907. The number of esters is 2. The topological polar surface area (TPSA) is 64.6 Å². The summed E-state index contributed by atoms with van der Waals surface area (Å²) in [7, 11) is 2.65. The summed E-state index contributed by atoms with van der Waals surface area (Å²) < 4.78 is 9.05. The van der Waals surface area contributed by atoms with Gasteiger partial charge in [0.15, 0.2) is 0 Å².